The Hall–Kier alpha value is -2.27. The molecule has 2 N–H and O–H groups in total. The second kappa shape index (κ2) is 7.31. The molecule has 0 atom stereocenters. The number of aliphatic hydroxyl groups excluding tert-OH is 1. The number of benzene rings is 2. The van der Waals surface area contributed by atoms with Gasteiger partial charge in [0.15, 0.2) is 0 Å². The number of hydrogen-bond donors (Lipinski definition) is 2. The predicted molar refractivity (Wildman–Crippen MR) is 90.7 cm³/mol. The third-order valence-corrected chi connectivity index (χ3v) is 5.07. The van der Waals surface area contributed by atoms with E-state index in [1.807, 2.05) is 18.2 Å². The first kappa shape index (κ1) is 17.5. The second-order valence-corrected chi connectivity index (χ2v) is 6.52. The van der Waals surface area contributed by atoms with Crippen LogP contribution in [0.25, 0.3) is 0 Å². The van der Waals surface area contributed by atoms with Crippen LogP contribution in [0.15, 0.2) is 42.5 Å². The highest BCUT2D eigenvalue weighted by atomic mass is 19.1. The van der Waals surface area contributed by atoms with Gasteiger partial charge in [0, 0.05) is 18.2 Å². The zero-order chi connectivity index (χ0) is 17.9. The normalized spacial score (nSPS) is 16.0. The van der Waals surface area contributed by atoms with Crippen LogP contribution in [0.4, 0.5) is 8.78 Å². The zero-order valence-electron chi connectivity index (χ0n) is 13.9. The van der Waals surface area contributed by atoms with Crippen LogP contribution in [0.3, 0.4) is 0 Å². The Labute approximate surface area is 145 Å². The van der Waals surface area contributed by atoms with Crippen LogP contribution in [-0.2, 0) is 23.4 Å². The SMILES string of the molecule is O=C(NCc1ccccc1CO)C1(c2ccc(F)cc2F)CCCC1. The fourth-order valence-corrected chi connectivity index (χ4v) is 3.70. The minimum Gasteiger partial charge on any atom is -0.392 e. The lowest BCUT2D eigenvalue weighted by molar-refractivity contribution is -0.127. The summed E-state index contributed by atoms with van der Waals surface area (Å²) in [6.07, 6.45) is 2.75. The molecule has 0 heterocycles. The number of halogens is 2. The Morgan fingerprint density at radius 2 is 1.76 bits per heavy atom. The van der Waals surface area contributed by atoms with E-state index >= 15 is 0 Å². The van der Waals surface area contributed by atoms with Crippen LogP contribution in [0, 0.1) is 11.6 Å². The summed E-state index contributed by atoms with van der Waals surface area (Å²) in [5.74, 6) is -1.57. The number of carbonyl (C=O) groups excluding carboxylic acids is 1. The molecule has 2 aromatic carbocycles. The molecule has 0 unspecified atom stereocenters. The van der Waals surface area contributed by atoms with E-state index in [0.717, 1.165) is 30.0 Å². The van der Waals surface area contributed by atoms with Crippen molar-refractivity contribution in [2.45, 2.75) is 44.2 Å². The maximum absolute atomic E-state index is 14.3. The van der Waals surface area contributed by atoms with Crippen molar-refractivity contribution >= 4 is 5.91 Å². The molecule has 0 spiro atoms. The van der Waals surface area contributed by atoms with E-state index in [-0.39, 0.29) is 24.6 Å². The maximum Gasteiger partial charge on any atom is 0.231 e. The molecule has 0 saturated heterocycles. The van der Waals surface area contributed by atoms with E-state index in [9.17, 15) is 18.7 Å². The van der Waals surface area contributed by atoms with Gasteiger partial charge in [-0.25, -0.2) is 8.78 Å². The third-order valence-electron chi connectivity index (χ3n) is 5.07. The summed E-state index contributed by atoms with van der Waals surface area (Å²) in [6, 6.07) is 10.7. The van der Waals surface area contributed by atoms with Crippen LogP contribution >= 0.6 is 0 Å². The smallest absolute Gasteiger partial charge is 0.231 e. The number of aliphatic hydroxyl groups is 1. The third kappa shape index (κ3) is 3.42. The number of hydrogen-bond acceptors (Lipinski definition) is 2. The molecule has 0 aliphatic heterocycles. The van der Waals surface area contributed by atoms with E-state index in [1.54, 1.807) is 6.07 Å². The van der Waals surface area contributed by atoms with Gasteiger partial charge >= 0.3 is 0 Å². The highest BCUT2D eigenvalue weighted by Crippen LogP contribution is 2.42. The Morgan fingerprint density at radius 1 is 1.08 bits per heavy atom. The largest absolute Gasteiger partial charge is 0.392 e. The van der Waals surface area contributed by atoms with Crippen LogP contribution < -0.4 is 5.32 Å². The molecule has 132 valence electrons. The van der Waals surface area contributed by atoms with Gasteiger partial charge in [-0.15, -0.1) is 0 Å². The van der Waals surface area contributed by atoms with Crippen molar-refractivity contribution in [3.05, 3.63) is 70.8 Å². The van der Waals surface area contributed by atoms with Crippen molar-refractivity contribution in [1.29, 1.82) is 0 Å². The summed E-state index contributed by atoms with van der Waals surface area (Å²) in [5, 5.41) is 12.3. The molecule has 3 nitrogen and oxygen atoms in total. The van der Waals surface area contributed by atoms with E-state index in [1.165, 1.54) is 12.1 Å². The standard InChI is InChI=1S/C20H21F2NO2/c21-16-7-8-17(18(22)11-16)20(9-3-4-10-20)19(25)23-12-14-5-1-2-6-15(14)13-24/h1-2,5-8,11,24H,3-4,9-10,12-13H2,(H,23,25). The highest BCUT2D eigenvalue weighted by molar-refractivity contribution is 5.88. The lowest BCUT2D eigenvalue weighted by Gasteiger charge is -2.29. The minimum absolute atomic E-state index is 0.107. The van der Waals surface area contributed by atoms with Gasteiger partial charge in [-0.3, -0.25) is 4.79 Å². The average molecular weight is 345 g/mol. The van der Waals surface area contributed by atoms with Gasteiger partial charge in [-0.1, -0.05) is 43.2 Å². The Kier molecular flexibility index (Phi) is 5.13. The fraction of sp³-hybridized carbons (Fsp3) is 0.350. The van der Waals surface area contributed by atoms with Crippen LogP contribution in [-0.4, -0.2) is 11.0 Å². The van der Waals surface area contributed by atoms with Gasteiger partial charge in [-0.2, -0.15) is 0 Å². The van der Waals surface area contributed by atoms with E-state index < -0.39 is 17.0 Å². The Bertz CT molecular complexity index is 770. The minimum atomic E-state index is -0.952. The number of amides is 1. The van der Waals surface area contributed by atoms with Crippen molar-refractivity contribution in [3.63, 3.8) is 0 Å². The molecule has 1 aliphatic carbocycles. The fourth-order valence-electron chi connectivity index (χ4n) is 3.70. The Morgan fingerprint density at radius 3 is 2.40 bits per heavy atom. The van der Waals surface area contributed by atoms with Crippen molar-refractivity contribution in [2.24, 2.45) is 0 Å². The molecule has 3 rings (SSSR count). The van der Waals surface area contributed by atoms with Crippen LogP contribution in [0.2, 0.25) is 0 Å². The summed E-state index contributed by atoms with van der Waals surface area (Å²) in [5.41, 5.74) is 0.882. The van der Waals surface area contributed by atoms with Gasteiger partial charge in [0.1, 0.15) is 11.6 Å². The average Bonchev–Trinajstić information content (AvgIpc) is 3.10. The van der Waals surface area contributed by atoms with Gasteiger partial charge < -0.3 is 10.4 Å². The van der Waals surface area contributed by atoms with Crippen molar-refractivity contribution in [3.8, 4) is 0 Å². The second-order valence-electron chi connectivity index (χ2n) is 6.52. The van der Waals surface area contributed by atoms with E-state index in [4.69, 9.17) is 0 Å². The molecular weight excluding hydrogens is 324 g/mol. The molecule has 2 aromatic rings. The van der Waals surface area contributed by atoms with Gasteiger partial charge in [0.05, 0.1) is 12.0 Å². The zero-order valence-corrected chi connectivity index (χ0v) is 13.9. The number of nitrogens with one attached hydrogen (secondary N) is 1. The lowest BCUT2D eigenvalue weighted by Crippen LogP contribution is -2.43. The molecule has 1 fully saturated rings. The lowest BCUT2D eigenvalue weighted by atomic mass is 9.77. The Balaban J connectivity index is 1.84. The molecule has 0 radical (unpaired) electrons. The van der Waals surface area contributed by atoms with Gasteiger partial charge in [0.2, 0.25) is 5.91 Å². The number of carbonyl (C=O) groups is 1. The summed E-state index contributed by atoms with van der Waals surface area (Å²) >= 11 is 0. The maximum atomic E-state index is 14.3. The summed E-state index contributed by atoms with van der Waals surface area (Å²) in [7, 11) is 0. The molecule has 25 heavy (non-hydrogen) atoms. The molecule has 1 saturated carbocycles. The molecule has 5 heteroatoms. The van der Waals surface area contributed by atoms with Crippen molar-refractivity contribution in [1.82, 2.24) is 5.32 Å². The van der Waals surface area contributed by atoms with Gasteiger partial charge in [-0.05, 0) is 30.0 Å². The molecule has 1 aliphatic rings. The van der Waals surface area contributed by atoms with E-state index in [0.29, 0.717) is 12.8 Å². The topological polar surface area (TPSA) is 49.3 Å². The molecular formula is C20H21F2NO2. The first-order valence-electron chi connectivity index (χ1n) is 8.48. The monoisotopic (exact) mass is 345 g/mol. The van der Waals surface area contributed by atoms with Crippen LogP contribution in [0.1, 0.15) is 42.4 Å². The summed E-state index contributed by atoms with van der Waals surface area (Å²) < 4.78 is 27.6. The quantitative estimate of drug-likeness (QED) is 0.870. The van der Waals surface area contributed by atoms with E-state index in [2.05, 4.69) is 5.32 Å². The van der Waals surface area contributed by atoms with Gasteiger partial charge in [0.25, 0.3) is 0 Å². The highest BCUT2D eigenvalue weighted by Gasteiger charge is 2.44. The molecule has 0 aromatic heterocycles. The first-order valence-corrected chi connectivity index (χ1v) is 8.48. The van der Waals surface area contributed by atoms with Crippen molar-refractivity contribution in [2.75, 3.05) is 0 Å². The number of rotatable bonds is 5. The summed E-state index contributed by atoms with van der Waals surface area (Å²) in [4.78, 5) is 12.9. The summed E-state index contributed by atoms with van der Waals surface area (Å²) in [6.45, 7) is 0.157. The van der Waals surface area contributed by atoms with Crippen LogP contribution in [0.5, 0.6) is 0 Å². The predicted octanol–water partition coefficient (Wildman–Crippen LogP) is 3.59. The molecule has 1 amide bonds. The van der Waals surface area contributed by atoms with Crippen molar-refractivity contribution < 1.29 is 18.7 Å². The first-order chi connectivity index (χ1) is 12.1. The molecule has 0 bridgehead atoms.